The van der Waals surface area contributed by atoms with Crippen molar-refractivity contribution >= 4 is 12.0 Å². The van der Waals surface area contributed by atoms with E-state index >= 15 is 0 Å². The maximum absolute atomic E-state index is 11.7. The summed E-state index contributed by atoms with van der Waals surface area (Å²) < 4.78 is 5.01. The molecule has 0 bridgehead atoms. The fraction of sp³-hybridized carbons (Fsp3) is 0.231. The van der Waals surface area contributed by atoms with Gasteiger partial charge in [0.1, 0.15) is 5.75 Å². The molecule has 0 aliphatic heterocycles. The van der Waals surface area contributed by atoms with E-state index in [0.29, 0.717) is 5.56 Å². The lowest BCUT2D eigenvalue weighted by molar-refractivity contribution is 0.0995. The number of methoxy groups -OCH3 is 1. The van der Waals surface area contributed by atoms with E-state index in [0.717, 1.165) is 11.3 Å². The number of Topliss-reactive ketones (excluding diaryl/α,β-unsaturated/α-hetero) is 1. The second-order valence-corrected chi connectivity index (χ2v) is 3.57. The highest BCUT2D eigenvalue weighted by Crippen LogP contribution is 2.11. The average molecular weight is 232 g/mol. The van der Waals surface area contributed by atoms with Crippen LogP contribution in [0.25, 0.3) is 0 Å². The lowest BCUT2D eigenvalue weighted by atomic mass is 10.1. The van der Waals surface area contributed by atoms with Crippen molar-refractivity contribution in [3.8, 4) is 5.75 Å². The van der Waals surface area contributed by atoms with Gasteiger partial charge in [-0.2, -0.15) is 0 Å². The third-order valence-corrected chi connectivity index (χ3v) is 2.23. The molecule has 0 unspecified atom stereocenters. The summed E-state index contributed by atoms with van der Waals surface area (Å²) in [6, 6.07) is 6.98. The second-order valence-electron chi connectivity index (χ2n) is 3.57. The third-order valence-electron chi connectivity index (χ3n) is 2.23. The molecule has 4 heteroatoms. The smallest absolute Gasteiger partial charge is 0.181 e. The van der Waals surface area contributed by atoms with Crippen molar-refractivity contribution < 1.29 is 9.53 Å². The second kappa shape index (κ2) is 6.48. The van der Waals surface area contributed by atoms with Crippen LogP contribution in [0.1, 0.15) is 17.3 Å². The maximum atomic E-state index is 11.7. The number of benzene rings is 1. The first-order chi connectivity index (χ1) is 8.17. The first-order valence-electron chi connectivity index (χ1n) is 5.25. The van der Waals surface area contributed by atoms with E-state index in [1.807, 2.05) is 0 Å². The Kier molecular flexibility index (Phi) is 4.94. The van der Waals surface area contributed by atoms with E-state index < -0.39 is 0 Å². The molecule has 0 saturated carbocycles. The number of rotatable bonds is 6. The highest BCUT2D eigenvalue weighted by molar-refractivity contribution is 5.97. The van der Waals surface area contributed by atoms with Crippen LogP contribution in [0.4, 0.5) is 0 Å². The molecule has 17 heavy (non-hydrogen) atoms. The zero-order valence-electron chi connectivity index (χ0n) is 9.99. The number of allylic oxidation sites excluding steroid dienone is 1. The Balaban J connectivity index is 2.55. The normalized spacial score (nSPS) is 10.8. The predicted molar refractivity (Wildman–Crippen MR) is 67.9 cm³/mol. The molecule has 1 aromatic rings. The number of ketones is 1. The van der Waals surface area contributed by atoms with Crippen LogP contribution in [0, 0.1) is 5.41 Å². The first-order valence-corrected chi connectivity index (χ1v) is 5.25. The minimum absolute atomic E-state index is 0.00156. The predicted octanol–water partition coefficient (Wildman–Crippen LogP) is 2.02. The highest BCUT2D eigenvalue weighted by Gasteiger charge is 2.04. The van der Waals surface area contributed by atoms with Crippen LogP contribution in [0.3, 0.4) is 0 Å². The van der Waals surface area contributed by atoms with Crippen molar-refractivity contribution in [3.63, 3.8) is 0 Å². The Morgan fingerprint density at radius 3 is 2.59 bits per heavy atom. The summed E-state index contributed by atoms with van der Waals surface area (Å²) in [5, 5.41) is 9.84. The van der Waals surface area contributed by atoms with Crippen molar-refractivity contribution in [1.82, 2.24) is 5.32 Å². The molecule has 90 valence electrons. The van der Waals surface area contributed by atoms with Gasteiger partial charge in [0, 0.05) is 18.0 Å². The molecule has 0 spiro atoms. The van der Waals surface area contributed by atoms with Crippen LogP contribution in [0.2, 0.25) is 0 Å². The van der Waals surface area contributed by atoms with E-state index in [1.165, 1.54) is 6.21 Å². The monoisotopic (exact) mass is 232 g/mol. The van der Waals surface area contributed by atoms with Crippen molar-refractivity contribution in [1.29, 1.82) is 5.41 Å². The Bertz CT molecular complexity index is 422. The molecule has 1 rings (SSSR count). The van der Waals surface area contributed by atoms with Crippen molar-refractivity contribution in [2.24, 2.45) is 0 Å². The maximum Gasteiger partial charge on any atom is 0.181 e. The van der Waals surface area contributed by atoms with Gasteiger partial charge >= 0.3 is 0 Å². The zero-order chi connectivity index (χ0) is 12.7. The summed E-state index contributed by atoms with van der Waals surface area (Å²) in [5.74, 6) is 0.732. The molecule has 0 radical (unpaired) electrons. The van der Waals surface area contributed by atoms with Gasteiger partial charge < -0.3 is 15.5 Å². The molecule has 0 aliphatic rings. The fourth-order valence-electron chi connectivity index (χ4n) is 1.23. The molecule has 4 nitrogen and oxygen atoms in total. The van der Waals surface area contributed by atoms with Crippen LogP contribution in [-0.4, -0.2) is 25.7 Å². The molecule has 0 atom stereocenters. The van der Waals surface area contributed by atoms with Gasteiger partial charge in [0.2, 0.25) is 0 Å². The lowest BCUT2D eigenvalue weighted by Gasteiger charge is -2.03. The molecular formula is C13H16N2O2. The minimum atomic E-state index is 0.00156. The Morgan fingerprint density at radius 1 is 1.41 bits per heavy atom. The van der Waals surface area contributed by atoms with Crippen LogP contribution < -0.4 is 10.1 Å². The number of carbonyl (C=O) groups excluding carboxylic acids is 1. The van der Waals surface area contributed by atoms with E-state index in [-0.39, 0.29) is 12.3 Å². The number of carbonyl (C=O) groups is 1. The fourth-order valence-corrected chi connectivity index (χ4v) is 1.23. The molecular weight excluding hydrogens is 216 g/mol. The summed E-state index contributed by atoms with van der Waals surface area (Å²) in [4.78, 5) is 11.7. The summed E-state index contributed by atoms with van der Waals surface area (Å²) in [6.07, 6.45) is 2.87. The van der Waals surface area contributed by atoms with Crippen molar-refractivity contribution in [3.05, 3.63) is 41.6 Å². The van der Waals surface area contributed by atoms with Gasteiger partial charge in [0.15, 0.2) is 5.78 Å². The lowest BCUT2D eigenvalue weighted by Crippen LogP contribution is -2.18. The van der Waals surface area contributed by atoms with Crippen LogP contribution in [0.5, 0.6) is 5.75 Å². The van der Waals surface area contributed by atoms with E-state index in [2.05, 4.69) is 5.32 Å². The molecule has 0 aromatic heterocycles. The molecule has 1 aromatic carbocycles. The van der Waals surface area contributed by atoms with Crippen LogP contribution in [-0.2, 0) is 0 Å². The molecule has 0 saturated heterocycles. The summed E-state index contributed by atoms with van der Waals surface area (Å²) in [5.41, 5.74) is 1.41. The number of ether oxygens (including phenoxy) is 1. The topological polar surface area (TPSA) is 62.2 Å². The molecule has 0 aliphatic carbocycles. The molecule has 0 amide bonds. The summed E-state index contributed by atoms with van der Waals surface area (Å²) in [7, 11) is 1.59. The molecule has 2 N–H and O–H groups in total. The molecule has 0 fully saturated rings. The summed E-state index contributed by atoms with van der Waals surface area (Å²) >= 11 is 0. The number of hydrogen-bond acceptors (Lipinski definition) is 4. The van der Waals surface area contributed by atoms with Crippen molar-refractivity contribution in [2.45, 2.75) is 6.92 Å². The standard InChI is InChI=1S/C13H16N2O2/c1-10(7-14)8-15-9-13(16)11-3-5-12(17-2)6-4-11/h3-8,14-15H,9H2,1-2H3/b10-8-,14-7?. The first kappa shape index (κ1) is 13.0. The SMILES string of the molecule is COc1ccc(C(=O)CN/C=C(/C)C=N)cc1. The third kappa shape index (κ3) is 4.10. The van der Waals surface area contributed by atoms with Gasteiger partial charge in [0.05, 0.1) is 13.7 Å². The quantitative estimate of drug-likeness (QED) is 0.582. The Morgan fingerprint density at radius 2 is 2.06 bits per heavy atom. The largest absolute Gasteiger partial charge is 0.497 e. The Labute approximate surface area is 101 Å². The summed E-state index contributed by atoms with van der Waals surface area (Å²) in [6.45, 7) is 2.01. The average Bonchev–Trinajstić information content (AvgIpc) is 2.38. The van der Waals surface area contributed by atoms with Gasteiger partial charge in [-0.1, -0.05) is 0 Å². The van der Waals surface area contributed by atoms with E-state index in [4.69, 9.17) is 10.1 Å². The van der Waals surface area contributed by atoms with Crippen LogP contribution >= 0.6 is 0 Å². The zero-order valence-corrected chi connectivity index (χ0v) is 9.99. The minimum Gasteiger partial charge on any atom is -0.497 e. The molecule has 0 heterocycles. The van der Waals surface area contributed by atoms with E-state index in [1.54, 1.807) is 44.5 Å². The van der Waals surface area contributed by atoms with Gasteiger partial charge in [-0.3, -0.25) is 4.79 Å². The number of hydrogen-bond donors (Lipinski definition) is 2. The Hall–Kier alpha value is -2.10. The van der Waals surface area contributed by atoms with E-state index in [9.17, 15) is 4.79 Å². The highest BCUT2D eigenvalue weighted by atomic mass is 16.5. The van der Waals surface area contributed by atoms with Gasteiger partial charge in [-0.25, -0.2) is 0 Å². The number of nitrogens with one attached hydrogen (secondary N) is 2. The van der Waals surface area contributed by atoms with Gasteiger partial charge in [-0.15, -0.1) is 0 Å². The van der Waals surface area contributed by atoms with Gasteiger partial charge in [-0.05, 0) is 36.8 Å². The van der Waals surface area contributed by atoms with Crippen molar-refractivity contribution in [2.75, 3.05) is 13.7 Å². The van der Waals surface area contributed by atoms with Gasteiger partial charge in [0.25, 0.3) is 0 Å². The van der Waals surface area contributed by atoms with Crippen LogP contribution in [0.15, 0.2) is 36.0 Å².